The standard InChI is InChI=1S/C22H19F3N6O3/c1-33-19-11-26-10-18(28-19)29-21(32)31-14-7-8-30(12-14)17-6-5-16(27-20(17)31)13-3-2-4-15(9-13)34-22(23,24)25/h2-6,9-11,14H,7-8,12H2,1H3,(H,28,29,32)/t14-/m0/s1. The second kappa shape index (κ2) is 8.36. The molecule has 5 rings (SSSR count). The Bertz CT molecular complexity index is 1240. The van der Waals surface area contributed by atoms with Gasteiger partial charge in [-0.1, -0.05) is 12.1 Å². The number of fused-ring (bicyclic) bond motifs is 4. The van der Waals surface area contributed by atoms with Crippen LogP contribution in [0.15, 0.2) is 48.8 Å². The molecule has 1 saturated heterocycles. The van der Waals surface area contributed by atoms with Crippen LogP contribution in [-0.2, 0) is 0 Å². The minimum atomic E-state index is -4.80. The maximum Gasteiger partial charge on any atom is 0.573 e. The molecular weight excluding hydrogens is 453 g/mol. The molecule has 0 saturated carbocycles. The van der Waals surface area contributed by atoms with Crippen LogP contribution in [0.5, 0.6) is 11.6 Å². The van der Waals surface area contributed by atoms with Gasteiger partial charge in [-0.05, 0) is 30.7 Å². The smallest absolute Gasteiger partial charge is 0.480 e. The van der Waals surface area contributed by atoms with Gasteiger partial charge in [0.25, 0.3) is 0 Å². The topological polar surface area (TPSA) is 92.7 Å². The SMILES string of the molecule is COc1cncc(NC(=O)N2c3nc(-c4cccc(OC(F)(F)F)c4)ccc3N3CC[C@H]2C3)n1. The van der Waals surface area contributed by atoms with Crippen molar-refractivity contribution in [2.75, 3.05) is 35.3 Å². The first-order valence-corrected chi connectivity index (χ1v) is 10.4. The van der Waals surface area contributed by atoms with Gasteiger partial charge in [-0.15, -0.1) is 13.2 Å². The quantitative estimate of drug-likeness (QED) is 0.612. The fourth-order valence-electron chi connectivity index (χ4n) is 4.16. The molecule has 1 aromatic carbocycles. The number of aromatic nitrogens is 3. The minimum absolute atomic E-state index is 0.117. The monoisotopic (exact) mass is 472 g/mol. The zero-order valence-electron chi connectivity index (χ0n) is 17.9. The fraction of sp³-hybridized carbons (Fsp3) is 0.273. The molecule has 0 unspecified atom stereocenters. The van der Waals surface area contributed by atoms with Crippen molar-refractivity contribution in [1.82, 2.24) is 15.0 Å². The average Bonchev–Trinajstić information content (AvgIpc) is 3.22. The number of nitrogens with one attached hydrogen (secondary N) is 1. The van der Waals surface area contributed by atoms with Crippen LogP contribution in [0.3, 0.4) is 0 Å². The molecule has 2 aromatic heterocycles. The van der Waals surface area contributed by atoms with Crippen molar-refractivity contribution in [2.45, 2.75) is 18.8 Å². The van der Waals surface area contributed by atoms with Gasteiger partial charge in [0, 0.05) is 18.7 Å². The summed E-state index contributed by atoms with van der Waals surface area (Å²) in [5.41, 5.74) is 1.61. The maximum absolute atomic E-state index is 13.3. The molecule has 2 aliphatic rings. The van der Waals surface area contributed by atoms with Gasteiger partial charge in [0.1, 0.15) is 5.75 Å². The molecule has 12 heteroatoms. The summed E-state index contributed by atoms with van der Waals surface area (Å²) in [7, 11) is 1.45. The van der Waals surface area contributed by atoms with E-state index in [0.717, 1.165) is 18.7 Å². The lowest BCUT2D eigenvalue weighted by atomic mass is 10.1. The van der Waals surface area contributed by atoms with Crippen LogP contribution in [0, 0.1) is 0 Å². The summed E-state index contributed by atoms with van der Waals surface area (Å²) in [4.78, 5) is 29.8. The summed E-state index contributed by atoms with van der Waals surface area (Å²) in [6.07, 6.45) is -1.22. The second-order valence-electron chi connectivity index (χ2n) is 7.75. The van der Waals surface area contributed by atoms with Gasteiger partial charge in [-0.25, -0.2) is 9.78 Å². The summed E-state index contributed by atoms with van der Waals surface area (Å²) >= 11 is 0. The minimum Gasteiger partial charge on any atom is -0.480 e. The van der Waals surface area contributed by atoms with Gasteiger partial charge < -0.3 is 14.4 Å². The van der Waals surface area contributed by atoms with E-state index in [1.807, 2.05) is 6.07 Å². The van der Waals surface area contributed by atoms with Crippen molar-refractivity contribution in [2.24, 2.45) is 0 Å². The average molecular weight is 472 g/mol. The van der Waals surface area contributed by atoms with Crippen molar-refractivity contribution in [1.29, 1.82) is 0 Å². The zero-order chi connectivity index (χ0) is 23.9. The van der Waals surface area contributed by atoms with Gasteiger partial charge in [-0.3, -0.25) is 15.2 Å². The first-order valence-electron chi connectivity index (χ1n) is 10.4. The first kappa shape index (κ1) is 21.7. The number of benzene rings is 1. The number of hydrogen-bond acceptors (Lipinski definition) is 7. The summed E-state index contributed by atoms with van der Waals surface area (Å²) in [6.45, 7) is 1.41. The number of alkyl halides is 3. The van der Waals surface area contributed by atoms with Crippen molar-refractivity contribution in [3.05, 3.63) is 48.8 Å². The third-order valence-electron chi connectivity index (χ3n) is 5.59. The van der Waals surface area contributed by atoms with Crippen LogP contribution >= 0.6 is 0 Å². The molecular formula is C22H19F3N6O3. The molecule has 9 nitrogen and oxygen atoms in total. The highest BCUT2D eigenvalue weighted by molar-refractivity contribution is 6.04. The van der Waals surface area contributed by atoms with E-state index in [4.69, 9.17) is 4.74 Å². The molecule has 0 aliphatic carbocycles. The van der Waals surface area contributed by atoms with E-state index in [1.54, 1.807) is 17.0 Å². The number of methoxy groups -OCH3 is 1. The lowest BCUT2D eigenvalue weighted by Gasteiger charge is -2.35. The molecule has 176 valence electrons. The Morgan fingerprint density at radius 1 is 1.18 bits per heavy atom. The predicted molar refractivity (Wildman–Crippen MR) is 117 cm³/mol. The van der Waals surface area contributed by atoms with Crippen LogP contribution in [0.2, 0.25) is 0 Å². The molecule has 0 spiro atoms. The normalized spacial score (nSPS) is 16.8. The van der Waals surface area contributed by atoms with Crippen molar-refractivity contribution >= 4 is 23.4 Å². The van der Waals surface area contributed by atoms with E-state index in [9.17, 15) is 18.0 Å². The maximum atomic E-state index is 13.3. The van der Waals surface area contributed by atoms with Gasteiger partial charge in [0.15, 0.2) is 11.6 Å². The zero-order valence-corrected chi connectivity index (χ0v) is 17.9. The fourth-order valence-corrected chi connectivity index (χ4v) is 4.16. The molecule has 0 radical (unpaired) electrons. The number of pyridine rings is 1. The Kier molecular flexibility index (Phi) is 5.34. The number of urea groups is 1. The summed E-state index contributed by atoms with van der Waals surface area (Å²) in [5.74, 6) is 0.547. The Morgan fingerprint density at radius 3 is 2.82 bits per heavy atom. The molecule has 2 aliphatic heterocycles. The van der Waals surface area contributed by atoms with Crippen LogP contribution in [-0.4, -0.2) is 53.6 Å². The van der Waals surface area contributed by atoms with E-state index in [0.29, 0.717) is 23.6 Å². The van der Waals surface area contributed by atoms with Crippen LogP contribution < -0.4 is 24.6 Å². The second-order valence-corrected chi connectivity index (χ2v) is 7.75. The van der Waals surface area contributed by atoms with E-state index >= 15 is 0 Å². The lowest BCUT2D eigenvalue weighted by molar-refractivity contribution is -0.274. The van der Waals surface area contributed by atoms with Crippen LogP contribution in [0.25, 0.3) is 11.3 Å². The Balaban J connectivity index is 1.48. The lowest BCUT2D eigenvalue weighted by Crippen LogP contribution is -2.48. The van der Waals surface area contributed by atoms with Gasteiger partial charge in [-0.2, -0.15) is 4.98 Å². The summed E-state index contributed by atoms with van der Waals surface area (Å²) < 4.78 is 47.0. The van der Waals surface area contributed by atoms with Crippen molar-refractivity contribution < 1.29 is 27.4 Å². The number of halogens is 3. The Hall–Kier alpha value is -4.09. The van der Waals surface area contributed by atoms with Gasteiger partial charge in [0.2, 0.25) is 5.88 Å². The summed E-state index contributed by atoms with van der Waals surface area (Å²) in [6, 6.07) is 8.55. The van der Waals surface area contributed by atoms with E-state index in [-0.39, 0.29) is 23.5 Å². The summed E-state index contributed by atoms with van der Waals surface area (Å²) in [5, 5.41) is 2.73. The number of hydrogen-bond donors (Lipinski definition) is 1. The predicted octanol–water partition coefficient (Wildman–Crippen LogP) is 4.08. The molecule has 1 N–H and O–H groups in total. The van der Waals surface area contributed by atoms with Gasteiger partial charge in [0.05, 0.1) is 36.9 Å². The molecule has 34 heavy (non-hydrogen) atoms. The number of carbonyl (C=O) groups is 1. The molecule has 2 bridgehead atoms. The highest BCUT2D eigenvalue weighted by Crippen LogP contribution is 2.40. The Labute approximate surface area is 192 Å². The highest BCUT2D eigenvalue weighted by Gasteiger charge is 2.40. The van der Waals surface area contributed by atoms with E-state index in [1.165, 1.54) is 37.7 Å². The van der Waals surface area contributed by atoms with Crippen molar-refractivity contribution in [3.63, 3.8) is 0 Å². The molecule has 1 fully saturated rings. The van der Waals surface area contributed by atoms with E-state index < -0.39 is 12.4 Å². The molecule has 3 aromatic rings. The first-order chi connectivity index (χ1) is 16.3. The number of nitrogens with zero attached hydrogens (tertiary/aromatic N) is 5. The molecule has 4 heterocycles. The number of anilines is 3. The number of amides is 2. The Morgan fingerprint density at radius 2 is 2.03 bits per heavy atom. The molecule has 2 amide bonds. The number of rotatable bonds is 4. The number of ether oxygens (including phenoxy) is 2. The molecule has 1 atom stereocenters. The largest absolute Gasteiger partial charge is 0.573 e. The third kappa shape index (κ3) is 4.26. The highest BCUT2D eigenvalue weighted by atomic mass is 19.4. The van der Waals surface area contributed by atoms with Crippen LogP contribution in [0.1, 0.15) is 6.42 Å². The van der Waals surface area contributed by atoms with Gasteiger partial charge >= 0.3 is 12.4 Å². The third-order valence-corrected chi connectivity index (χ3v) is 5.59. The van der Waals surface area contributed by atoms with Crippen LogP contribution in [0.4, 0.5) is 35.3 Å². The number of carbonyl (C=O) groups excluding carboxylic acids is 1. The van der Waals surface area contributed by atoms with E-state index in [2.05, 4.69) is 29.9 Å². The van der Waals surface area contributed by atoms with Crippen molar-refractivity contribution in [3.8, 4) is 22.9 Å².